The summed E-state index contributed by atoms with van der Waals surface area (Å²) in [6.45, 7) is 0. The molecule has 21 heavy (non-hydrogen) atoms. The number of hydrogen-bond donors (Lipinski definition) is 2. The van der Waals surface area contributed by atoms with Crippen LogP contribution in [0.15, 0.2) is 42.7 Å². The summed E-state index contributed by atoms with van der Waals surface area (Å²) in [6, 6.07) is 7.45. The van der Waals surface area contributed by atoms with Gasteiger partial charge in [-0.25, -0.2) is 0 Å². The molecule has 0 aliphatic heterocycles. The molecule has 5 nitrogen and oxygen atoms in total. The highest BCUT2D eigenvalue weighted by Gasteiger charge is 2.31. The number of aliphatic hydroxyl groups is 1. The Kier molecular flexibility index (Phi) is 3.58. The summed E-state index contributed by atoms with van der Waals surface area (Å²) in [5.74, 6) is -0.223. The fourth-order valence-electron chi connectivity index (χ4n) is 2.65. The number of nitrogens with one attached hydrogen (secondary N) is 1. The van der Waals surface area contributed by atoms with Gasteiger partial charge in [0, 0.05) is 31.3 Å². The van der Waals surface area contributed by atoms with Crippen molar-refractivity contribution in [3.05, 3.63) is 59.4 Å². The first kappa shape index (κ1) is 13.6. The normalized spacial score (nSPS) is 20.7. The van der Waals surface area contributed by atoms with E-state index < -0.39 is 6.10 Å². The Bertz CT molecular complexity index is 690. The minimum atomic E-state index is -0.571. The SMILES string of the molecule is Cn1cc(/C=C/C(=O)N[C@H]2c3ccccc3C[C@H]2O)cn1. The first-order valence-electron chi connectivity index (χ1n) is 6.86. The van der Waals surface area contributed by atoms with Crippen LogP contribution in [0, 0.1) is 0 Å². The van der Waals surface area contributed by atoms with Crippen molar-refractivity contribution >= 4 is 12.0 Å². The Morgan fingerprint density at radius 1 is 1.48 bits per heavy atom. The van der Waals surface area contributed by atoms with Crippen LogP contribution in [-0.2, 0) is 18.3 Å². The number of aryl methyl sites for hydroxylation is 1. The zero-order valence-electron chi connectivity index (χ0n) is 11.7. The molecule has 2 N–H and O–H groups in total. The summed E-state index contributed by atoms with van der Waals surface area (Å²) >= 11 is 0. The van der Waals surface area contributed by atoms with Gasteiger partial charge in [-0.1, -0.05) is 24.3 Å². The van der Waals surface area contributed by atoms with Gasteiger partial charge >= 0.3 is 0 Å². The van der Waals surface area contributed by atoms with E-state index in [4.69, 9.17) is 0 Å². The minimum Gasteiger partial charge on any atom is -0.390 e. The lowest BCUT2D eigenvalue weighted by Gasteiger charge is -2.16. The smallest absolute Gasteiger partial charge is 0.244 e. The molecular formula is C16H17N3O2. The van der Waals surface area contributed by atoms with Crippen LogP contribution in [0.4, 0.5) is 0 Å². The quantitative estimate of drug-likeness (QED) is 0.832. The van der Waals surface area contributed by atoms with E-state index in [0.29, 0.717) is 6.42 Å². The molecule has 0 bridgehead atoms. The Labute approximate surface area is 122 Å². The highest BCUT2D eigenvalue weighted by Crippen LogP contribution is 2.31. The summed E-state index contributed by atoms with van der Waals surface area (Å²) < 4.78 is 1.68. The molecule has 0 unspecified atom stereocenters. The highest BCUT2D eigenvalue weighted by atomic mass is 16.3. The van der Waals surface area contributed by atoms with Crippen LogP contribution in [0.1, 0.15) is 22.7 Å². The van der Waals surface area contributed by atoms with E-state index in [9.17, 15) is 9.90 Å². The number of carbonyl (C=O) groups excluding carboxylic acids is 1. The number of aromatic nitrogens is 2. The molecule has 0 fully saturated rings. The maximum atomic E-state index is 12.0. The van der Waals surface area contributed by atoms with Gasteiger partial charge in [0.15, 0.2) is 0 Å². The molecule has 1 aliphatic carbocycles. The van der Waals surface area contributed by atoms with Crippen LogP contribution in [0.3, 0.4) is 0 Å². The molecule has 0 radical (unpaired) electrons. The lowest BCUT2D eigenvalue weighted by atomic mass is 10.1. The zero-order valence-corrected chi connectivity index (χ0v) is 11.7. The van der Waals surface area contributed by atoms with Gasteiger partial charge in [-0.2, -0.15) is 5.10 Å². The third kappa shape index (κ3) is 2.87. The average Bonchev–Trinajstić information content (AvgIpc) is 3.01. The van der Waals surface area contributed by atoms with E-state index >= 15 is 0 Å². The molecular weight excluding hydrogens is 266 g/mol. The van der Waals surface area contributed by atoms with Gasteiger partial charge < -0.3 is 10.4 Å². The van der Waals surface area contributed by atoms with E-state index in [2.05, 4.69) is 10.4 Å². The maximum Gasteiger partial charge on any atom is 0.244 e. The number of fused-ring (bicyclic) bond motifs is 1. The van der Waals surface area contributed by atoms with Crippen molar-refractivity contribution in [2.45, 2.75) is 18.6 Å². The molecule has 2 atom stereocenters. The van der Waals surface area contributed by atoms with Gasteiger partial charge in [0.1, 0.15) is 0 Å². The number of hydrogen-bond acceptors (Lipinski definition) is 3. The minimum absolute atomic E-state index is 0.223. The lowest BCUT2D eigenvalue weighted by Crippen LogP contribution is -2.32. The summed E-state index contributed by atoms with van der Waals surface area (Å²) in [4.78, 5) is 12.0. The molecule has 1 aromatic carbocycles. The van der Waals surface area contributed by atoms with Crippen molar-refractivity contribution in [2.24, 2.45) is 7.05 Å². The van der Waals surface area contributed by atoms with Crippen LogP contribution in [0.5, 0.6) is 0 Å². The van der Waals surface area contributed by atoms with Crippen LogP contribution in [0.25, 0.3) is 6.08 Å². The van der Waals surface area contributed by atoms with E-state index in [1.807, 2.05) is 37.5 Å². The summed E-state index contributed by atoms with van der Waals surface area (Å²) in [5.41, 5.74) is 2.94. The first-order chi connectivity index (χ1) is 10.1. The van der Waals surface area contributed by atoms with E-state index in [-0.39, 0.29) is 11.9 Å². The number of nitrogens with zero attached hydrogens (tertiary/aromatic N) is 2. The zero-order chi connectivity index (χ0) is 14.8. The Balaban J connectivity index is 1.69. The highest BCUT2D eigenvalue weighted by molar-refractivity contribution is 5.92. The number of rotatable bonds is 3. The number of amides is 1. The molecule has 3 rings (SSSR count). The third-order valence-corrected chi connectivity index (χ3v) is 3.65. The fraction of sp³-hybridized carbons (Fsp3) is 0.250. The molecule has 1 aliphatic rings. The number of aliphatic hydroxyl groups excluding tert-OH is 1. The summed E-state index contributed by atoms with van der Waals surface area (Å²) in [5, 5.41) is 17.0. The van der Waals surface area contributed by atoms with Crippen molar-refractivity contribution in [1.82, 2.24) is 15.1 Å². The first-order valence-corrected chi connectivity index (χ1v) is 6.86. The third-order valence-electron chi connectivity index (χ3n) is 3.65. The second-order valence-electron chi connectivity index (χ2n) is 5.24. The van der Waals surface area contributed by atoms with Gasteiger partial charge in [-0.15, -0.1) is 0 Å². The largest absolute Gasteiger partial charge is 0.390 e. The average molecular weight is 283 g/mol. The van der Waals surface area contributed by atoms with E-state index in [1.165, 1.54) is 6.08 Å². The van der Waals surface area contributed by atoms with Crippen molar-refractivity contribution in [1.29, 1.82) is 0 Å². The predicted octanol–water partition coefficient (Wildman–Crippen LogP) is 1.21. The van der Waals surface area contributed by atoms with E-state index in [0.717, 1.165) is 16.7 Å². The van der Waals surface area contributed by atoms with Crippen molar-refractivity contribution in [3.63, 3.8) is 0 Å². The van der Waals surface area contributed by atoms with Gasteiger partial charge in [-0.05, 0) is 17.2 Å². The second-order valence-corrected chi connectivity index (χ2v) is 5.24. The molecule has 108 valence electrons. The standard InChI is InChI=1S/C16H17N3O2/c1-19-10-11(9-17-19)6-7-15(21)18-16-13-5-3-2-4-12(13)8-14(16)20/h2-7,9-10,14,16,20H,8H2,1H3,(H,18,21)/b7-6+/t14-,16+/m1/s1. The van der Waals surface area contributed by atoms with Gasteiger partial charge in [0.2, 0.25) is 5.91 Å². The Hall–Kier alpha value is -2.40. The van der Waals surface area contributed by atoms with Crippen LogP contribution in [0.2, 0.25) is 0 Å². The number of benzene rings is 1. The van der Waals surface area contributed by atoms with Gasteiger partial charge in [-0.3, -0.25) is 9.48 Å². The topological polar surface area (TPSA) is 67.2 Å². The molecule has 1 heterocycles. The number of carbonyl (C=O) groups is 1. The molecule has 2 aromatic rings. The molecule has 1 aromatic heterocycles. The molecule has 0 saturated carbocycles. The second kappa shape index (κ2) is 5.54. The van der Waals surface area contributed by atoms with Crippen LogP contribution in [-0.4, -0.2) is 26.9 Å². The molecule has 5 heteroatoms. The van der Waals surface area contributed by atoms with Gasteiger partial charge in [0.25, 0.3) is 0 Å². The molecule has 1 amide bonds. The maximum absolute atomic E-state index is 12.0. The van der Waals surface area contributed by atoms with E-state index in [1.54, 1.807) is 17.0 Å². The monoisotopic (exact) mass is 283 g/mol. The van der Waals surface area contributed by atoms with Gasteiger partial charge in [0.05, 0.1) is 18.3 Å². The fourth-order valence-corrected chi connectivity index (χ4v) is 2.65. The Morgan fingerprint density at radius 2 is 2.29 bits per heavy atom. The summed E-state index contributed by atoms with van der Waals surface area (Å²) in [7, 11) is 1.82. The van der Waals surface area contributed by atoms with Crippen molar-refractivity contribution < 1.29 is 9.90 Å². The Morgan fingerprint density at radius 3 is 3.05 bits per heavy atom. The van der Waals surface area contributed by atoms with Crippen LogP contribution >= 0.6 is 0 Å². The molecule has 0 saturated heterocycles. The predicted molar refractivity (Wildman–Crippen MR) is 79.3 cm³/mol. The van der Waals surface area contributed by atoms with Crippen molar-refractivity contribution in [2.75, 3.05) is 0 Å². The molecule has 0 spiro atoms. The van der Waals surface area contributed by atoms with Crippen LogP contribution < -0.4 is 5.32 Å². The summed E-state index contributed by atoms with van der Waals surface area (Å²) in [6.07, 6.45) is 6.68. The lowest BCUT2D eigenvalue weighted by molar-refractivity contribution is -0.117. The van der Waals surface area contributed by atoms with Crippen molar-refractivity contribution in [3.8, 4) is 0 Å².